The maximum Gasteiger partial charge on any atom is 0.231 e. The molecule has 1 aromatic carbocycles. The van der Waals surface area contributed by atoms with E-state index in [2.05, 4.69) is 32.1 Å². The summed E-state index contributed by atoms with van der Waals surface area (Å²) in [5.41, 5.74) is 2.43. The first-order valence-corrected chi connectivity index (χ1v) is 9.93. The molecule has 3 heteroatoms. The maximum absolute atomic E-state index is 10.7. The van der Waals surface area contributed by atoms with Crippen LogP contribution < -0.4 is 9.47 Å². The van der Waals surface area contributed by atoms with Crippen LogP contribution in [-0.2, 0) is 6.42 Å². The molecule has 0 amide bonds. The Balaban J connectivity index is 1.49. The van der Waals surface area contributed by atoms with E-state index < -0.39 is 5.60 Å². The zero-order valence-corrected chi connectivity index (χ0v) is 15.7. The Bertz CT molecular complexity index is 607. The number of rotatable bonds is 8. The van der Waals surface area contributed by atoms with Gasteiger partial charge in [-0.2, -0.15) is 0 Å². The molecule has 3 nitrogen and oxygen atoms in total. The fourth-order valence-corrected chi connectivity index (χ4v) is 4.33. The van der Waals surface area contributed by atoms with E-state index in [9.17, 15) is 5.11 Å². The molecule has 0 saturated heterocycles. The molecule has 0 radical (unpaired) electrons. The summed E-state index contributed by atoms with van der Waals surface area (Å²) >= 11 is 0. The molecule has 0 bridgehead atoms. The van der Waals surface area contributed by atoms with E-state index in [4.69, 9.17) is 9.47 Å². The van der Waals surface area contributed by atoms with Gasteiger partial charge < -0.3 is 14.6 Å². The summed E-state index contributed by atoms with van der Waals surface area (Å²) in [7, 11) is 0. The van der Waals surface area contributed by atoms with Crippen LogP contribution in [-0.4, -0.2) is 17.5 Å². The van der Waals surface area contributed by atoms with Gasteiger partial charge in [-0.05, 0) is 75.0 Å². The highest BCUT2D eigenvalue weighted by Crippen LogP contribution is 2.41. The molecule has 1 aromatic rings. The fraction of sp³-hybridized carbons (Fsp3) is 0.636. The van der Waals surface area contributed by atoms with Crippen LogP contribution in [0.4, 0.5) is 0 Å². The second-order valence-electron chi connectivity index (χ2n) is 7.53. The molecule has 1 aliphatic carbocycles. The van der Waals surface area contributed by atoms with Crippen LogP contribution in [0.15, 0.2) is 29.8 Å². The minimum Gasteiger partial charge on any atom is -0.454 e. The normalized spacial score (nSPS) is 25.6. The number of hydrogen-bond donors (Lipinski definition) is 1. The van der Waals surface area contributed by atoms with E-state index in [-0.39, 0.29) is 0 Å². The lowest BCUT2D eigenvalue weighted by Crippen LogP contribution is -2.32. The summed E-state index contributed by atoms with van der Waals surface area (Å²) in [5.74, 6) is 2.21. The molecular formula is C22H32O3. The van der Waals surface area contributed by atoms with E-state index in [1.807, 2.05) is 6.07 Å². The smallest absolute Gasteiger partial charge is 0.231 e. The largest absolute Gasteiger partial charge is 0.454 e. The third-order valence-electron chi connectivity index (χ3n) is 6.11. The first kappa shape index (κ1) is 18.3. The second kappa shape index (κ2) is 8.27. The van der Waals surface area contributed by atoms with Crippen LogP contribution in [0.25, 0.3) is 0 Å². The molecule has 25 heavy (non-hydrogen) atoms. The van der Waals surface area contributed by atoms with Crippen LogP contribution in [0, 0.1) is 5.92 Å². The van der Waals surface area contributed by atoms with Crippen molar-refractivity contribution in [1.82, 2.24) is 0 Å². The minimum absolute atomic E-state index is 0.337. The average molecular weight is 344 g/mol. The van der Waals surface area contributed by atoms with Crippen LogP contribution in [0.2, 0.25) is 0 Å². The lowest BCUT2D eigenvalue weighted by molar-refractivity contribution is -0.00407. The standard InChI is InChI=1S/C22H32O3/c1-3-17(10-12-19-9-6-14-22(19,23)4-2)7-5-8-18-11-13-20-21(15-18)25-16-24-20/h7,11,13,15,19,23H,3-6,8-10,12,14,16H2,1-2H3/b17-7+. The first-order valence-electron chi connectivity index (χ1n) is 9.93. The van der Waals surface area contributed by atoms with Gasteiger partial charge in [0.15, 0.2) is 11.5 Å². The fourth-order valence-electron chi connectivity index (χ4n) is 4.33. The van der Waals surface area contributed by atoms with Crippen molar-refractivity contribution in [2.45, 2.75) is 77.2 Å². The van der Waals surface area contributed by atoms with Gasteiger partial charge in [-0.1, -0.05) is 38.0 Å². The van der Waals surface area contributed by atoms with Gasteiger partial charge in [0.25, 0.3) is 0 Å². The summed E-state index contributed by atoms with van der Waals surface area (Å²) in [5, 5.41) is 10.7. The van der Waals surface area contributed by atoms with E-state index in [0.717, 1.165) is 56.4 Å². The molecule has 1 aliphatic heterocycles. The molecular weight excluding hydrogens is 312 g/mol. The topological polar surface area (TPSA) is 38.7 Å². The third kappa shape index (κ3) is 4.38. The summed E-state index contributed by atoms with van der Waals surface area (Å²) in [6, 6.07) is 6.24. The van der Waals surface area contributed by atoms with Gasteiger partial charge in [-0.3, -0.25) is 0 Å². The molecule has 2 atom stereocenters. The van der Waals surface area contributed by atoms with Crippen LogP contribution >= 0.6 is 0 Å². The van der Waals surface area contributed by atoms with Gasteiger partial charge in [0, 0.05) is 0 Å². The number of ether oxygens (including phenoxy) is 2. The van der Waals surface area contributed by atoms with Gasteiger partial charge >= 0.3 is 0 Å². The average Bonchev–Trinajstić information content (AvgIpc) is 3.24. The van der Waals surface area contributed by atoms with Gasteiger partial charge in [0.1, 0.15) is 0 Å². The molecule has 0 aromatic heterocycles. The summed E-state index contributed by atoms with van der Waals surface area (Å²) < 4.78 is 10.8. The first-order chi connectivity index (χ1) is 12.1. The summed E-state index contributed by atoms with van der Waals surface area (Å²) in [6.45, 7) is 4.71. The number of hydrogen-bond acceptors (Lipinski definition) is 3. The Morgan fingerprint density at radius 1 is 1.28 bits per heavy atom. The van der Waals surface area contributed by atoms with Crippen molar-refractivity contribution >= 4 is 0 Å². The van der Waals surface area contributed by atoms with Crippen molar-refractivity contribution in [2.24, 2.45) is 5.92 Å². The van der Waals surface area contributed by atoms with Crippen molar-refractivity contribution in [3.8, 4) is 11.5 Å². The van der Waals surface area contributed by atoms with E-state index >= 15 is 0 Å². The number of aliphatic hydroxyl groups is 1. The Kier molecular flexibility index (Phi) is 6.06. The highest BCUT2D eigenvalue weighted by molar-refractivity contribution is 5.44. The van der Waals surface area contributed by atoms with Gasteiger partial charge in [0.05, 0.1) is 5.60 Å². The quantitative estimate of drug-likeness (QED) is 0.641. The number of aryl methyl sites for hydroxylation is 1. The molecule has 138 valence electrons. The van der Waals surface area contributed by atoms with E-state index in [0.29, 0.717) is 12.7 Å². The number of fused-ring (bicyclic) bond motifs is 1. The van der Waals surface area contributed by atoms with Crippen LogP contribution in [0.1, 0.15) is 70.8 Å². The Morgan fingerprint density at radius 2 is 2.12 bits per heavy atom. The third-order valence-corrected chi connectivity index (χ3v) is 6.11. The van der Waals surface area contributed by atoms with Crippen molar-refractivity contribution < 1.29 is 14.6 Å². The minimum atomic E-state index is -0.397. The van der Waals surface area contributed by atoms with Crippen LogP contribution in [0.3, 0.4) is 0 Å². The highest BCUT2D eigenvalue weighted by atomic mass is 16.7. The zero-order chi connectivity index (χ0) is 17.7. The lowest BCUT2D eigenvalue weighted by atomic mass is 9.84. The maximum atomic E-state index is 10.7. The second-order valence-corrected chi connectivity index (χ2v) is 7.53. The molecule has 1 saturated carbocycles. The van der Waals surface area contributed by atoms with Crippen LogP contribution in [0.5, 0.6) is 11.5 Å². The number of benzene rings is 1. The molecule has 1 fully saturated rings. The Labute approximate surface area is 152 Å². The van der Waals surface area contributed by atoms with Gasteiger partial charge in [-0.25, -0.2) is 0 Å². The monoisotopic (exact) mass is 344 g/mol. The van der Waals surface area contributed by atoms with E-state index in [1.165, 1.54) is 24.0 Å². The predicted octanol–water partition coefficient (Wildman–Crippen LogP) is 5.41. The predicted molar refractivity (Wildman–Crippen MR) is 101 cm³/mol. The molecule has 2 unspecified atom stereocenters. The van der Waals surface area contributed by atoms with E-state index in [1.54, 1.807) is 0 Å². The SMILES string of the molecule is CC/C(=C\CCc1ccc2c(c1)OCO2)CCC1CCCC1(O)CC. The molecule has 1 heterocycles. The Hall–Kier alpha value is -1.48. The van der Waals surface area contributed by atoms with Crippen molar-refractivity contribution in [2.75, 3.05) is 6.79 Å². The van der Waals surface area contributed by atoms with Gasteiger partial charge in [0.2, 0.25) is 6.79 Å². The van der Waals surface area contributed by atoms with Crippen molar-refractivity contribution in [3.05, 3.63) is 35.4 Å². The van der Waals surface area contributed by atoms with Gasteiger partial charge in [-0.15, -0.1) is 0 Å². The summed E-state index contributed by atoms with van der Waals surface area (Å²) in [6.07, 6.45) is 12.1. The molecule has 0 spiro atoms. The molecule has 3 rings (SSSR count). The summed E-state index contributed by atoms with van der Waals surface area (Å²) in [4.78, 5) is 0. The Morgan fingerprint density at radius 3 is 2.92 bits per heavy atom. The van der Waals surface area contributed by atoms with Crippen molar-refractivity contribution in [1.29, 1.82) is 0 Å². The molecule has 2 aliphatic rings. The number of allylic oxidation sites excluding steroid dienone is 2. The lowest BCUT2D eigenvalue weighted by Gasteiger charge is -2.29. The molecule has 1 N–H and O–H groups in total. The zero-order valence-electron chi connectivity index (χ0n) is 15.7. The highest BCUT2D eigenvalue weighted by Gasteiger charge is 2.38. The van der Waals surface area contributed by atoms with Crippen molar-refractivity contribution in [3.63, 3.8) is 0 Å².